The molecule has 1 atom stereocenters. The van der Waals surface area contributed by atoms with E-state index < -0.39 is 6.04 Å². The summed E-state index contributed by atoms with van der Waals surface area (Å²) in [5, 5.41) is 5.54. The van der Waals surface area contributed by atoms with E-state index in [2.05, 4.69) is 20.5 Å². The van der Waals surface area contributed by atoms with Crippen LogP contribution in [0.25, 0.3) is 0 Å². The van der Waals surface area contributed by atoms with Crippen LogP contribution in [-0.4, -0.2) is 54.0 Å². The Morgan fingerprint density at radius 1 is 1.07 bits per heavy atom. The van der Waals surface area contributed by atoms with Gasteiger partial charge in [-0.25, -0.2) is 9.18 Å². The van der Waals surface area contributed by atoms with Crippen molar-refractivity contribution in [2.24, 2.45) is 0 Å². The van der Waals surface area contributed by atoms with Gasteiger partial charge < -0.3 is 20.4 Å². The average molecular weight is 385 g/mol. The van der Waals surface area contributed by atoms with Crippen LogP contribution >= 0.6 is 0 Å². The normalized spacial score (nSPS) is 15.1. The maximum absolute atomic E-state index is 13.0. The third kappa shape index (κ3) is 5.18. The number of carbonyl (C=O) groups is 2. The van der Waals surface area contributed by atoms with E-state index in [-0.39, 0.29) is 17.8 Å². The molecule has 1 fully saturated rings. The Balaban J connectivity index is 1.43. The van der Waals surface area contributed by atoms with Gasteiger partial charge in [0.25, 0.3) is 0 Å². The van der Waals surface area contributed by atoms with Gasteiger partial charge in [0.15, 0.2) is 0 Å². The molecule has 1 aliphatic rings. The molecule has 148 valence electrons. The van der Waals surface area contributed by atoms with E-state index in [1.807, 2.05) is 12.1 Å². The van der Waals surface area contributed by atoms with E-state index in [1.165, 1.54) is 12.1 Å². The number of benzene rings is 1. The molecule has 1 saturated heterocycles. The Labute approximate surface area is 163 Å². The van der Waals surface area contributed by atoms with Crippen LogP contribution < -0.4 is 15.5 Å². The Morgan fingerprint density at radius 2 is 1.71 bits per heavy atom. The summed E-state index contributed by atoms with van der Waals surface area (Å²) in [6.45, 7) is 4.43. The van der Waals surface area contributed by atoms with Crippen LogP contribution in [0, 0.1) is 5.82 Å². The zero-order valence-electron chi connectivity index (χ0n) is 15.8. The Kier molecular flexibility index (Phi) is 6.41. The summed E-state index contributed by atoms with van der Waals surface area (Å²) in [4.78, 5) is 32.4. The van der Waals surface area contributed by atoms with Crippen LogP contribution in [0.3, 0.4) is 0 Å². The quantitative estimate of drug-likeness (QED) is 0.822. The first kappa shape index (κ1) is 19.6. The molecule has 3 amide bonds. The number of carbonyl (C=O) groups excluding carboxylic acids is 2. The van der Waals surface area contributed by atoms with Crippen molar-refractivity contribution in [3.63, 3.8) is 0 Å². The van der Waals surface area contributed by atoms with Gasteiger partial charge in [-0.3, -0.25) is 9.78 Å². The fourth-order valence-electron chi connectivity index (χ4n) is 3.00. The molecule has 7 nitrogen and oxygen atoms in total. The third-order valence-corrected chi connectivity index (χ3v) is 4.71. The van der Waals surface area contributed by atoms with Gasteiger partial charge in [0, 0.05) is 50.8 Å². The summed E-state index contributed by atoms with van der Waals surface area (Å²) in [5.74, 6) is -0.506. The monoisotopic (exact) mass is 385 g/mol. The van der Waals surface area contributed by atoms with Gasteiger partial charge in [0.2, 0.25) is 5.91 Å². The number of hydrogen-bond acceptors (Lipinski definition) is 4. The molecule has 2 N–H and O–H groups in total. The molecular weight excluding hydrogens is 361 g/mol. The molecule has 1 aromatic carbocycles. The molecule has 0 spiro atoms. The van der Waals surface area contributed by atoms with Crippen molar-refractivity contribution in [2.45, 2.75) is 19.5 Å². The fraction of sp³-hybridized carbons (Fsp3) is 0.350. The fourth-order valence-corrected chi connectivity index (χ4v) is 3.00. The van der Waals surface area contributed by atoms with Gasteiger partial charge in [0.1, 0.15) is 11.9 Å². The second-order valence-corrected chi connectivity index (χ2v) is 6.69. The van der Waals surface area contributed by atoms with Crippen LogP contribution in [0.15, 0.2) is 48.8 Å². The average Bonchev–Trinajstić information content (AvgIpc) is 2.73. The minimum atomic E-state index is -0.635. The number of nitrogens with zero attached hydrogens (tertiary/aromatic N) is 3. The lowest BCUT2D eigenvalue weighted by Gasteiger charge is -2.36. The minimum absolute atomic E-state index is 0.241. The summed E-state index contributed by atoms with van der Waals surface area (Å²) in [6, 6.07) is 9.09. The number of piperazine rings is 1. The third-order valence-electron chi connectivity index (χ3n) is 4.71. The zero-order valence-corrected chi connectivity index (χ0v) is 15.8. The van der Waals surface area contributed by atoms with Crippen molar-refractivity contribution in [3.05, 3.63) is 60.2 Å². The summed E-state index contributed by atoms with van der Waals surface area (Å²) >= 11 is 0. The molecule has 3 rings (SSSR count). The smallest absolute Gasteiger partial charge is 0.318 e. The number of halogens is 1. The number of nitrogens with one attached hydrogen (secondary N) is 2. The number of rotatable bonds is 5. The molecular formula is C20H24FN5O2. The number of hydrogen-bond donors (Lipinski definition) is 2. The van der Waals surface area contributed by atoms with Crippen molar-refractivity contribution in [3.8, 4) is 0 Å². The van der Waals surface area contributed by atoms with Gasteiger partial charge in [-0.1, -0.05) is 0 Å². The van der Waals surface area contributed by atoms with E-state index in [0.29, 0.717) is 32.7 Å². The first-order chi connectivity index (χ1) is 13.5. The highest BCUT2D eigenvalue weighted by atomic mass is 19.1. The van der Waals surface area contributed by atoms with Crippen molar-refractivity contribution in [2.75, 3.05) is 31.1 Å². The van der Waals surface area contributed by atoms with Gasteiger partial charge in [-0.05, 0) is 48.9 Å². The molecule has 1 aromatic heterocycles. The second kappa shape index (κ2) is 9.16. The van der Waals surface area contributed by atoms with Crippen molar-refractivity contribution in [1.29, 1.82) is 0 Å². The van der Waals surface area contributed by atoms with E-state index in [9.17, 15) is 14.0 Å². The van der Waals surface area contributed by atoms with Crippen LogP contribution in [0.4, 0.5) is 14.9 Å². The largest absolute Gasteiger partial charge is 0.368 e. The molecule has 1 aliphatic heterocycles. The number of urea groups is 1. The Hall–Kier alpha value is -3.16. The zero-order chi connectivity index (χ0) is 19.9. The van der Waals surface area contributed by atoms with Crippen molar-refractivity contribution in [1.82, 2.24) is 20.5 Å². The summed E-state index contributed by atoms with van der Waals surface area (Å²) in [5.41, 5.74) is 1.88. The first-order valence-electron chi connectivity index (χ1n) is 9.25. The maximum Gasteiger partial charge on any atom is 0.318 e. The standard InChI is InChI=1S/C20H24FN5O2/c1-15(19(27)23-14-16-6-8-22-9-7-16)24-20(28)26-12-10-25(11-13-26)18-4-2-17(21)3-5-18/h2-9,15H,10-14H2,1H3,(H,23,27)(H,24,28)/t15-/m0/s1. The predicted octanol–water partition coefficient (Wildman–Crippen LogP) is 1.76. The van der Waals surface area contributed by atoms with E-state index in [1.54, 1.807) is 36.4 Å². The molecule has 28 heavy (non-hydrogen) atoms. The Morgan fingerprint density at radius 3 is 2.36 bits per heavy atom. The lowest BCUT2D eigenvalue weighted by atomic mass is 10.2. The lowest BCUT2D eigenvalue weighted by Crippen LogP contribution is -2.55. The van der Waals surface area contributed by atoms with Gasteiger partial charge in [0.05, 0.1) is 0 Å². The van der Waals surface area contributed by atoms with Crippen LogP contribution in [0.1, 0.15) is 12.5 Å². The molecule has 0 unspecified atom stereocenters. The molecule has 0 radical (unpaired) electrons. The van der Waals surface area contributed by atoms with E-state index >= 15 is 0 Å². The number of aromatic nitrogens is 1. The van der Waals surface area contributed by atoms with Crippen LogP contribution in [-0.2, 0) is 11.3 Å². The molecule has 2 heterocycles. The van der Waals surface area contributed by atoms with Crippen molar-refractivity contribution >= 4 is 17.6 Å². The minimum Gasteiger partial charge on any atom is -0.368 e. The lowest BCUT2D eigenvalue weighted by molar-refractivity contribution is -0.122. The maximum atomic E-state index is 13.0. The highest BCUT2D eigenvalue weighted by molar-refractivity contribution is 5.86. The first-order valence-corrected chi connectivity index (χ1v) is 9.25. The van der Waals surface area contributed by atoms with Crippen LogP contribution in [0.2, 0.25) is 0 Å². The van der Waals surface area contributed by atoms with Gasteiger partial charge >= 0.3 is 6.03 Å². The van der Waals surface area contributed by atoms with Crippen LogP contribution in [0.5, 0.6) is 0 Å². The molecule has 2 aromatic rings. The molecule has 0 aliphatic carbocycles. The highest BCUT2D eigenvalue weighted by Gasteiger charge is 2.24. The van der Waals surface area contributed by atoms with E-state index in [4.69, 9.17) is 0 Å². The number of pyridine rings is 1. The molecule has 8 heteroatoms. The molecule has 0 bridgehead atoms. The highest BCUT2D eigenvalue weighted by Crippen LogP contribution is 2.16. The van der Waals surface area contributed by atoms with Gasteiger partial charge in [-0.2, -0.15) is 0 Å². The molecule has 0 saturated carbocycles. The van der Waals surface area contributed by atoms with E-state index in [0.717, 1.165) is 11.3 Å². The predicted molar refractivity (Wildman–Crippen MR) is 104 cm³/mol. The number of anilines is 1. The summed E-state index contributed by atoms with van der Waals surface area (Å²) in [6.07, 6.45) is 3.33. The Bertz CT molecular complexity index is 792. The van der Waals surface area contributed by atoms with Gasteiger partial charge in [-0.15, -0.1) is 0 Å². The summed E-state index contributed by atoms with van der Waals surface area (Å²) < 4.78 is 13.0. The summed E-state index contributed by atoms with van der Waals surface area (Å²) in [7, 11) is 0. The van der Waals surface area contributed by atoms with Crippen molar-refractivity contribution < 1.29 is 14.0 Å². The second-order valence-electron chi connectivity index (χ2n) is 6.69. The topological polar surface area (TPSA) is 77.6 Å². The number of amides is 3. The SMILES string of the molecule is C[C@H](NC(=O)N1CCN(c2ccc(F)cc2)CC1)C(=O)NCc1ccncc1.